The summed E-state index contributed by atoms with van der Waals surface area (Å²) in [6.45, 7) is 16.1. The summed E-state index contributed by atoms with van der Waals surface area (Å²) in [6, 6.07) is 0. The van der Waals surface area contributed by atoms with Gasteiger partial charge < -0.3 is 89.0 Å². The van der Waals surface area contributed by atoms with E-state index in [9.17, 15) is 51.1 Å². The Morgan fingerprint density at radius 1 is 0.718 bits per heavy atom. The Morgan fingerprint density at radius 2 is 1.42 bits per heavy atom. The lowest BCUT2D eigenvalue weighted by Gasteiger charge is -2.67. The number of fused-ring (bicyclic) bond motifs is 5. The van der Waals surface area contributed by atoms with Crippen LogP contribution in [0.3, 0.4) is 0 Å². The maximum atomic E-state index is 12.5. The van der Waals surface area contributed by atoms with Gasteiger partial charge in [0.15, 0.2) is 25.2 Å². The van der Waals surface area contributed by atoms with Crippen LogP contribution in [0.2, 0.25) is 0 Å². The van der Waals surface area contributed by atoms with E-state index in [1.54, 1.807) is 13.8 Å². The van der Waals surface area contributed by atoms with Crippen LogP contribution >= 0.6 is 0 Å². The van der Waals surface area contributed by atoms with Crippen LogP contribution in [0.4, 0.5) is 0 Å². The fourth-order valence-corrected chi connectivity index (χ4v) is 15.3. The number of allylic oxidation sites excluding steroid dienone is 1. The van der Waals surface area contributed by atoms with Crippen LogP contribution in [0.25, 0.3) is 0 Å². The Balaban J connectivity index is 0.971. The van der Waals surface area contributed by atoms with E-state index in [2.05, 4.69) is 47.6 Å². The first kappa shape index (κ1) is 56.2. The van der Waals surface area contributed by atoms with Gasteiger partial charge in [-0.1, -0.05) is 53.2 Å². The number of aliphatic hydroxyl groups is 10. The van der Waals surface area contributed by atoms with Crippen LogP contribution in [-0.4, -0.2) is 188 Å². The molecule has 24 atom stereocenters. The summed E-state index contributed by atoms with van der Waals surface area (Å²) in [5.41, 5.74) is -0.933. The quantitative estimate of drug-likeness (QED) is 0.0996. The largest absolute Gasteiger partial charge is 0.394 e. The number of aliphatic hydroxyl groups excluding tert-OH is 9. The molecule has 18 heteroatoms. The second-order valence-electron chi connectivity index (χ2n) is 24.9. The standard InChI is InChI=1S/C53H90O18/c1-27(32-15-16-51(6)39-12-10-33-34(11-13-40(61)49(33,2)3)53(39,8)41(62)22-52(32,51)7)9-14-42(50(4,5)63)69-48-46(35(58)20-31(67-48)26-65-47-37(60)18-29(57)25-64-47)71-44-21-36(59)45(38(24-55)68-44)70-43-19-28(56)17-30(23-54)66-43/h10,27-32,34-48,54-63H,9,11-26H2,1-8H3/t27-,28+,29+,30+,31+,32?,34?,35+,36-,37-,38-,39?,40+,41-,42-,43-,44+,45+,46-,47-,48+,51+,52-,53+/m1/s1. The van der Waals surface area contributed by atoms with Crippen molar-refractivity contribution < 1.29 is 89.0 Å². The Labute approximate surface area is 420 Å². The molecule has 0 aromatic heterocycles. The lowest BCUT2D eigenvalue weighted by Crippen LogP contribution is -2.64. The third-order valence-corrected chi connectivity index (χ3v) is 19.7. The van der Waals surface area contributed by atoms with Crippen molar-refractivity contribution in [2.45, 2.75) is 249 Å². The molecule has 8 rings (SSSR count). The van der Waals surface area contributed by atoms with Crippen molar-refractivity contribution in [1.29, 1.82) is 0 Å². The molecule has 8 aliphatic rings. The van der Waals surface area contributed by atoms with Gasteiger partial charge in [0.05, 0.1) is 87.0 Å². The van der Waals surface area contributed by atoms with Crippen LogP contribution in [0.15, 0.2) is 11.6 Å². The normalized spacial score (nSPS) is 49.0. The lowest BCUT2D eigenvalue weighted by molar-refractivity contribution is -0.359. The molecular formula is C53H90O18. The second-order valence-corrected chi connectivity index (χ2v) is 24.9. The van der Waals surface area contributed by atoms with Crippen molar-refractivity contribution in [1.82, 2.24) is 0 Å². The van der Waals surface area contributed by atoms with Crippen molar-refractivity contribution in [3.63, 3.8) is 0 Å². The van der Waals surface area contributed by atoms with Crippen molar-refractivity contribution in [2.75, 3.05) is 26.4 Å². The van der Waals surface area contributed by atoms with Gasteiger partial charge in [-0.3, -0.25) is 0 Å². The minimum atomic E-state index is -1.40. The molecule has 71 heavy (non-hydrogen) atoms. The average Bonchev–Trinajstić information content (AvgIpc) is 3.56. The third kappa shape index (κ3) is 11.0. The molecule has 0 bridgehead atoms. The van der Waals surface area contributed by atoms with E-state index in [0.29, 0.717) is 19.3 Å². The van der Waals surface area contributed by atoms with Crippen LogP contribution in [0, 0.1) is 45.3 Å². The van der Waals surface area contributed by atoms with E-state index < -0.39 is 117 Å². The van der Waals surface area contributed by atoms with Gasteiger partial charge in [-0.05, 0) is 99.7 Å². The Kier molecular flexibility index (Phi) is 17.3. The number of ether oxygens (including phenoxy) is 8. The van der Waals surface area contributed by atoms with Crippen LogP contribution < -0.4 is 0 Å². The summed E-state index contributed by atoms with van der Waals surface area (Å²) in [6.07, 6.45) is -7.31. The van der Waals surface area contributed by atoms with E-state index in [1.165, 1.54) is 5.57 Å². The minimum absolute atomic E-state index is 0.000475. The second kappa shape index (κ2) is 21.8. The molecule has 3 unspecified atom stereocenters. The predicted octanol–water partition coefficient (Wildman–Crippen LogP) is 2.55. The monoisotopic (exact) mass is 1010 g/mol. The summed E-state index contributed by atoms with van der Waals surface area (Å²) in [5, 5.41) is 110. The molecule has 10 N–H and O–H groups in total. The highest BCUT2D eigenvalue weighted by atomic mass is 16.8. The van der Waals surface area contributed by atoms with Gasteiger partial charge in [-0.25, -0.2) is 0 Å². The topological polar surface area (TPSA) is 276 Å². The molecule has 4 aliphatic carbocycles. The maximum absolute atomic E-state index is 12.5. The Morgan fingerprint density at radius 3 is 2.11 bits per heavy atom. The highest BCUT2D eigenvalue weighted by molar-refractivity contribution is 5.31. The summed E-state index contributed by atoms with van der Waals surface area (Å²) in [5.74, 6) is 0.946. The number of hydrogen-bond donors (Lipinski definition) is 10. The van der Waals surface area contributed by atoms with Crippen molar-refractivity contribution >= 4 is 0 Å². The SMILES string of the molecule is C[C@H](CC[C@@H](O[C@@H]1O[C@H](CO[C@H]2OC[C@@H](O)C[C@H]2O)C[C@H](O)[C@H]1O[C@H]1C[C@@H](O)[C@H](O[C@@H]2C[C@@H](O)C[C@@H](CO)O2)[C@@H](CO)O1)C(C)(C)O)C1CC[C@@]2(C)C3CC=C4C(CC[C@H](O)C4(C)C)[C@]3(C)[C@H](O)C[C@]12C. The predicted molar refractivity (Wildman–Crippen MR) is 255 cm³/mol. The molecule has 7 fully saturated rings. The van der Waals surface area contributed by atoms with E-state index >= 15 is 0 Å². The van der Waals surface area contributed by atoms with Gasteiger partial charge in [0.1, 0.15) is 24.4 Å². The highest BCUT2D eigenvalue weighted by Crippen LogP contribution is 2.75. The van der Waals surface area contributed by atoms with E-state index in [4.69, 9.17) is 37.9 Å². The first-order valence-corrected chi connectivity index (χ1v) is 26.9. The summed E-state index contributed by atoms with van der Waals surface area (Å²) in [7, 11) is 0. The van der Waals surface area contributed by atoms with Gasteiger partial charge in [-0.2, -0.15) is 0 Å². The Bertz CT molecular complexity index is 1800. The molecule has 4 aliphatic heterocycles. The van der Waals surface area contributed by atoms with Crippen molar-refractivity contribution in [3.05, 3.63) is 11.6 Å². The minimum Gasteiger partial charge on any atom is -0.394 e. The first-order valence-electron chi connectivity index (χ1n) is 26.9. The van der Waals surface area contributed by atoms with Gasteiger partial charge in [0, 0.05) is 42.9 Å². The average molecular weight is 1020 g/mol. The molecule has 0 aromatic carbocycles. The Hall–Kier alpha value is -0.980. The maximum Gasteiger partial charge on any atom is 0.187 e. The van der Waals surface area contributed by atoms with Gasteiger partial charge in [0.25, 0.3) is 0 Å². The molecule has 4 saturated heterocycles. The molecular weight excluding hydrogens is 925 g/mol. The van der Waals surface area contributed by atoms with Crippen molar-refractivity contribution in [3.8, 4) is 0 Å². The number of hydrogen-bond acceptors (Lipinski definition) is 18. The first-order chi connectivity index (χ1) is 33.3. The third-order valence-electron chi connectivity index (χ3n) is 19.7. The summed E-state index contributed by atoms with van der Waals surface area (Å²) in [4.78, 5) is 0. The number of rotatable bonds is 16. The van der Waals surface area contributed by atoms with Crippen molar-refractivity contribution in [2.24, 2.45) is 45.3 Å². The molecule has 3 saturated carbocycles. The molecule has 0 amide bonds. The zero-order valence-electron chi connectivity index (χ0n) is 43.5. The van der Waals surface area contributed by atoms with Crippen LogP contribution in [0.5, 0.6) is 0 Å². The molecule has 410 valence electrons. The van der Waals surface area contributed by atoms with E-state index in [1.807, 2.05) is 0 Å². The van der Waals surface area contributed by atoms with Crippen LogP contribution in [-0.2, 0) is 37.9 Å². The zero-order chi connectivity index (χ0) is 51.6. The summed E-state index contributed by atoms with van der Waals surface area (Å²) >= 11 is 0. The van der Waals surface area contributed by atoms with Gasteiger partial charge >= 0.3 is 0 Å². The molecule has 0 radical (unpaired) electrons. The van der Waals surface area contributed by atoms with Gasteiger partial charge in [-0.15, -0.1) is 0 Å². The lowest BCUT2D eigenvalue weighted by atomic mass is 9.38. The van der Waals surface area contributed by atoms with Crippen LogP contribution in [0.1, 0.15) is 139 Å². The fourth-order valence-electron chi connectivity index (χ4n) is 15.3. The molecule has 0 aromatic rings. The smallest absolute Gasteiger partial charge is 0.187 e. The highest BCUT2D eigenvalue weighted by Gasteiger charge is 2.70. The summed E-state index contributed by atoms with van der Waals surface area (Å²) < 4.78 is 49.1. The molecule has 18 nitrogen and oxygen atoms in total. The fraction of sp³-hybridized carbons (Fsp3) is 0.962. The molecule has 4 heterocycles. The zero-order valence-corrected chi connectivity index (χ0v) is 43.5. The molecule has 0 spiro atoms. The van der Waals surface area contributed by atoms with E-state index in [-0.39, 0.29) is 97.3 Å². The van der Waals surface area contributed by atoms with E-state index in [0.717, 1.165) is 32.1 Å². The van der Waals surface area contributed by atoms with Gasteiger partial charge in [0.2, 0.25) is 0 Å².